The Morgan fingerprint density at radius 3 is 2.70 bits per heavy atom. The predicted octanol–water partition coefficient (Wildman–Crippen LogP) is 2.40. The van der Waals surface area contributed by atoms with Crippen LogP contribution in [0.5, 0.6) is 0 Å². The van der Waals surface area contributed by atoms with Gasteiger partial charge in [-0.25, -0.2) is 0 Å². The highest BCUT2D eigenvalue weighted by atomic mass is 35.5. The Labute approximate surface area is 155 Å². The van der Waals surface area contributed by atoms with Crippen LogP contribution in [0.3, 0.4) is 0 Å². The molecule has 1 aromatic rings. The summed E-state index contributed by atoms with van der Waals surface area (Å²) in [6, 6.07) is 8.55. The first-order chi connectivity index (χ1) is 10.3. The molecule has 2 heterocycles. The molecule has 2 aliphatic heterocycles. The maximum absolute atomic E-state index is 12.0. The van der Waals surface area contributed by atoms with Gasteiger partial charge in [0, 0.05) is 24.7 Å². The molecule has 2 N–H and O–H groups in total. The third-order valence-electron chi connectivity index (χ3n) is 4.10. The fraction of sp³-hybridized carbons (Fsp3) is 0.562. The van der Waals surface area contributed by atoms with Crippen LogP contribution in [0.15, 0.2) is 24.3 Å². The van der Waals surface area contributed by atoms with Crippen LogP contribution >= 0.6 is 36.6 Å². The van der Waals surface area contributed by atoms with E-state index in [0.29, 0.717) is 6.54 Å². The number of nitrogens with zero attached hydrogens (tertiary/aromatic N) is 1. The van der Waals surface area contributed by atoms with E-state index >= 15 is 0 Å². The predicted molar refractivity (Wildman–Crippen MR) is 102 cm³/mol. The number of carbonyl (C=O) groups is 1. The number of thioether (sulfide) groups is 1. The van der Waals surface area contributed by atoms with Crippen molar-refractivity contribution < 1.29 is 4.79 Å². The van der Waals surface area contributed by atoms with E-state index in [9.17, 15) is 4.79 Å². The Hall–Kier alpha value is -0.460. The molecular formula is C16H25Cl2N3OS. The zero-order valence-electron chi connectivity index (χ0n) is 13.1. The lowest BCUT2D eigenvalue weighted by Crippen LogP contribution is -2.41. The first-order valence-corrected chi connectivity index (χ1v) is 8.86. The molecule has 23 heavy (non-hydrogen) atoms. The zero-order chi connectivity index (χ0) is 14.5. The number of hydrogen-bond donors (Lipinski definition) is 2. The van der Waals surface area contributed by atoms with Crippen LogP contribution in [0.4, 0.5) is 0 Å². The lowest BCUT2D eigenvalue weighted by molar-refractivity contribution is -0.122. The van der Waals surface area contributed by atoms with Gasteiger partial charge >= 0.3 is 0 Å². The molecule has 0 spiro atoms. The second kappa shape index (κ2) is 10.4. The zero-order valence-corrected chi connectivity index (χ0v) is 15.6. The first-order valence-electron chi connectivity index (χ1n) is 7.70. The molecule has 0 bridgehead atoms. The van der Waals surface area contributed by atoms with Gasteiger partial charge in [0.2, 0.25) is 5.91 Å². The third-order valence-corrected chi connectivity index (χ3v) is 5.04. The number of nitrogens with one attached hydrogen (secondary N) is 2. The molecule has 2 fully saturated rings. The van der Waals surface area contributed by atoms with Gasteiger partial charge in [-0.15, -0.1) is 36.6 Å². The van der Waals surface area contributed by atoms with Crippen molar-refractivity contribution in [2.24, 2.45) is 0 Å². The maximum Gasteiger partial charge on any atom is 0.238 e. The van der Waals surface area contributed by atoms with E-state index in [1.54, 1.807) is 11.8 Å². The largest absolute Gasteiger partial charge is 0.351 e. The van der Waals surface area contributed by atoms with Crippen LogP contribution in [-0.4, -0.2) is 41.6 Å². The van der Waals surface area contributed by atoms with Crippen molar-refractivity contribution in [2.45, 2.75) is 32.0 Å². The van der Waals surface area contributed by atoms with E-state index in [2.05, 4.69) is 39.8 Å². The number of carbonyl (C=O) groups excluding carboxylic acids is 1. The highest BCUT2D eigenvalue weighted by Crippen LogP contribution is 2.14. The summed E-state index contributed by atoms with van der Waals surface area (Å²) in [4.78, 5) is 14.5. The number of rotatable bonds is 5. The van der Waals surface area contributed by atoms with Crippen LogP contribution in [0, 0.1) is 0 Å². The van der Waals surface area contributed by atoms with E-state index in [4.69, 9.17) is 0 Å². The second-order valence-corrected chi connectivity index (χ2v) is 6.82. The molecule has 7 heteroatoms. The van der Waals surface area contributed by atoms with Gasteiger partial charge in [-0.3, -0.25) is 15.0 Å². The van der Waals surface area contributed by atoms with Gasteiger partial charge < -0.3 is 5.32 Å². The molecule has 1 atom stereocenters. The van der Waals surface area contributed by atoms with Crippen molar-refractivity contribution in [2.75, 3.05) is 24.7 Å². The van der Waals surface area contributed by atoms with E-state index in [-0.39, 0.29) is 36.8 Å². The van der Waals surface area contributed by atoms with Gasteiger partial charge in [-0.2, -0.15) is 0 Å². The normalized spacial score (nSPS) is 20.6. The minimum Gasteiger partial charge on any atom is -0.351 e. The van der Waals surface area contributed by atoms with Crippen molar-refractivity contribution in [1.82, 2.24) is 15.5 Å². The minimum absolute atomic E-state index is 0. The summed E-state index contributed by atoms with van der Waals surface area (Å²) in [6.45, 7) is 4.08. The molecule has 2 saturated heterocycles. The number of amides is 1. The molecule has 3 rings (SSSR count). The van der Waals surface area contributed by atoms with Crippen LogP contribution in [-0.2, 0) is 17.9 Å². The van der Waals surface area contributed by atoms with E-state index in [0.717, 1.165) is 18.2 Å². The Kier molecular flexibility index (Phi) is 9.32. The first kappa shape index (κ1) is 20.6. The van der Waals surface area contributed by atoms with Crippen molar-refractivity contribution in [3.63, 3.8) is 0 Å². The summed E-state index contributed by atoms with van der Waals surface area (Å²) in [5, 5.41) is 6.23. The quantitative estimate of drug-likeness (QED) is 0.826. The molecule has 0 radical (unpaired) electrons. The SMILES string of the molecule is Cl.Cl.O=C(NCc1cccc(CN2CCCC2)c1)C1CSCN1. The second-order valence-electron chi connectivity index (χ2n) is 5.79. The molecular weight excluding hydrogens is 353 g/mol. The topological polar surface area (TPSA) is 44.4 Å². The van der Waals surface area contributed by atoms with E-state index in [1.165, 1.54) is 37.1 Å². The summed E-state index contributed by atoms with van der Waals surface area (Å²) >= 11 is 1.77. The van der Waals surface area contributed by atoms with Gasteiger partial charge in [-0.05, 0) is 37.1 Å². The van der Waals surface area contributed by atoms with Crippen LogP contribution in [0.2, 0.25) is 0 Å². The Morgan fingerprint density at radius 2 is 2.00 bits per heavy atom. The van der Waals surface area contributed by atoms with Crippen molar-refractivity contribution in [3.8, 4) is 0 Å². The Morgan fingerprint density at radius 1 is 1.26 bits per heavy atom. The van der Waals surface area contributed by atoms with Crippen LogP contribution < -0.4 is 10.6 Å². The van der Waals surface area contributed by atoms with Crippen LogP contribution in [0.25, 0.3) is 0 Å². The molecule has 2 aliphatic rings. The molecule has 1 unspecified atom stereocenters. The number of likely N-dealkylation sites (tertiary alicyclic amines) is 1. The summed E-state index contributed by atoms with van der Waals surface area (Å²) < 4.78 is 0. The molecule has 1 aromatic carbocycles. The Balaban J connectivity index is 0.00000132. The van der Waals surface area contributed by atoms with E-state index < -0.39 is 0 Å². The van der Waals surface area contributed by atoms with Crippen molar-refractivity contribution in [3.05, 3.63) is 35.4 Å². The van der Waals surface area contributed by atoms with Gasteiger partial charge in [0.25, 0.3) is 0 Å². The summed E-state index contributed by atoms with van der Waals surface area (Å²) in [6.07, 6.45) is 2.64. The Bertz CT molecular complexity index is 492. The van der Waals surface area contributed by atoms with Crippen molar-refractivity contribution in [1.29, 1.82) is 0 Å². The number of benzene rings is 1. The minimum atomic E-state index is -0.0252. The van der Waals surface area contributed by atoms with Gasteiger partial charge in [0.1, 0.15) is 0 Å². The highest BCUT2D eigenvalue weighted by molar-refractivity contribution is 7.99. The molecule has 0 saturated carbocycles. The van der Waals surface area contributed by atoms with Crippen molar-refractivity contribution >= 4 is 42.5 Å². The average molecular weight is 378 g/mol. The highest BCUT2D eigenvalue weighted by Gasteiger charge is 2.21. The molecule has 0 aromatic heterocycles. The fourth-order valence-electron chi connectivity index (χ4n) is 2.91. The standard InChI is InChI=1S/C16H23N3OS.2ClH/c20-16(15-11-21-12-18-15)17-9-13-4-3-5-14(8-13)10-19-6-1-2-7-19;;/h3-5,8,15,18H,1-2,6-7,9-12H2,(H,17,20);2*1H. The number of hydrogen-bond acceptors (Lipinski definition) is 4. The lowest BCUT2D eigenvalue weighted by atomic mass is 10.1. The summed E-state index contributed by atoms with van der Waals surface area (Å²) in [5.41, 5.74) is 2.53. The van der Waals surface area contributed by atoms with Gasteiger partial charge in [0.15, 0.2) is 0 Å². The maximum atomic E-state index is 12.0. The van der Waals surface area contributed by atoms with E-state index in [1.807, 2.05) is 0 Å². The van der Waals surface area contributed by atoms with Crippen LogP contribution in [0.1, 0.15) is 24.0 Å². The van der Waals surface area contributed by atoms with Gasteiger partial charge in [0.05, 0.1) is 6.04 Å². The molecule has 1 amide bonds. The smallest absolute Gasteiger partial charge is 0.238 e. The summed E-state index contributed by atoms with van der Waals surface area (Å²) in [5.74, 6) is 1.87. The summed E-state index contributed by atoms with van der Waals surface area (Å²) in [7, 11) is 0. The molecule has 0 aliphatic carbocycles. The third kappa shape index (κ3) is 6.16. The molecule has 130 valence electrons. The lowest BCUT2D eigenvalue weighted by Gasteiger charge is -2.15. The monoisotopic (exact) mass is 377 g/mol. The fourth-order valence-corrected chi connectivity index (χ4v) is 3.85. The van der Waals surface area contributed by atoms with Gasteiger partial charge in [-0.1, -0.05) is 24.3 Å². The average Bonchev–Trinajstić information content (AvgIpc) is 3.18. The molecule has 4 nitrogen and oxygen atoms in total. The number of halogens is 2.